The highest BCUT2D eigenvalue weighted by molar-refractivity contribution is 5.96. The maximum atomic E-state index is 12.0. The number of carbonyl (C=O) groups is 2. The molecular formula is C22H23N3O4. The number of carbonyl (C=O) groups excluding carboxylic acids is 2. The summed E-state index contributed by atoms with van der Waals surface area (Å²) in [4.78, 5) is 28.1. The quantitative estimate of drug-likeness (QED) is 0.616. The number of ether oxygens (including phenoxy) is 1. The summed E-state index contributed by atoms with van der Waals surface area (Å²) >= 11 is 0. The molecule has 1 aromatic heterocycles. The zero-order valence-electron chi connectivity index (χ0n) is 16.6. The van der Waals surface area contributed by atoms with Crippen molar-refractivity contribution in [2.45, 2.75) is 33.3 Å². The number of rotatable bonds is 7. The molecule has 150 valence electrons. The summed E-state index contributed by atoms with van der Waals surface area (Å²) in [6.45, 7) is 5.74. The van der Waals surface area contributed by atoms with E-state index in [-0.39, 0.29) is 24.9 Å². The van der Waals surface area contributed by atoms with Gasteiger partial charge in [-0.15, -0.1) is 0 Å². The highest BCUT2D eigenvalue weighted by Gasteiger charge is 2.13. The van der Waals surface area contributed by atoms with E-state index < -0.39 is 5.97 Å². The fourth-order valence-electron chi connectivity index (χ4n) is 2.68. The van der Waals surface area contributed by atoms with E-state index >= 15 is 0 Å². The molecule has 0 aliphatic rings. The van der Waals surface area contributed by atoms with Gasteiger partial charge in [-0.2, -0.15) is 4.98 Å². The Morgan fingerprint density at radius 2 is 1.90 bits per heavy atom. The van der Waals surface area contributed by atoms with Gasteiger partial charge in [-0.1, -0.05) is 61.0 Å². The van der Waals surface area contributed by atoms with Crippen LogP contribution in [-0.4, -0.2) is 28.6 Å². The molecule has 1 N–H and O–H groups in total. The van der Waals surface area contributed by atoms with E-state index in [4.69, 9.17) is 9.26 Å². The third kappa shape index (κ3) is 5.51. The van der Waals surface area contributed by atoms with Crippen LogP contribution in [0.25, 0.3) is 11.4 Å². The van der Waals surface area contributed by atoms with Gasteiger partial charge in [0.1, 0.15) is 6.54 Å². The molecule has 0 unspecified atom stereocenters. The van der Waals surface area contributed by atoms with Crippen molar-refractivity contribution < 1.29 is 18.8 Å². The van der Waals surface area contributed by atoms with Crippen LogP contribution in [0.4, 0.5) is 0 Å². The van der Waals surface area contributed by atoms with E-state index in [9.17, 15) is 9.59 Å². The molecule has 29 heavy (non-hydrogen) atoms. The van der Waals surface area contributed by atoms with Crippen molar-refractivity contribution in [2.24, 2.45) is 0 Å². The van der Waals surface area contributed by atoms with Crippen molar-refractivity contribution in [3.8, 4) is 11.4 Å². The summed E-state index contributed by atoms with van der Waals surface area (Å²) in [5, 5.41) is 6.44. The van der Waals surface area contributed by atoms with Crippen LogP contribution in [0.5, 0.6) is 0 Å². The second-order valence-electron chi connectivity index (χ2n) is 7.00. The Morgan fingerprint density at radius 1 is 1.14 bits per heavy atom. The van der Waals surface area contributed by atoms with E-state index in [1.807, 2.05) is 37.3 Å². The highest BCUT2D eigenvalue weighted by Crippen LogP contribution is 2.20. The van der Waals surface area contributed by atoms with E-state index in [0.717, 1.165) is 11.1 Å². The van der Waals surface area contributed by atoms with Crippen LogP contribution in [-0.2, 0) is 16.1 Å². The highest BCUT2D eigenvalue weighted by atomic mass is 16.6. The van der Waals surface area contributed by atoms with Crippen molar-refractivity contribution in [1.82, 2.24) is 15.5 Å². The molecule has 0 atom stereocenters. The number of aryl methyl sites for hydroxylation is 1. The fourth-order valence-corrected chi connectivity index (χ4v) is 2.68. The van der Waals surface area contributed by atoms with Gasteiger partial charge in [0.2, 0.25) is 5.82 Å². The molecule has 0 saturated carbocycles. The lowest BCUT2D eigenvalue weighted by atomic mass is 10.0. The third-order valence-electron chi connectivity index (χ3n) is 4.33. The van der Waals surface area contributed by atoms with Gasteiger partial charge in [-0.05, 0) is 30.5 Å². The first kappa shape index (κ1) is 20.3. The lowest BCUT2D eigenvalue weighted by Crippen LogP contribution is -2.30. The van der Waals surface area contributed by atoms with Crippen molar-refractivity contribution in [2.75, 3.05) is 6.54 Å². The Bertz CT molecular complexity index is 993. The number of amides is 1. The summed E-state index contributed by atoms with van der Waals surface area (Å²) in [6, 6.07) is 15.0. The molecule has 0 saturated heterocycles. The summed E-state index contributed by atoms with van der Waals surface area (Å²) in [6.07, 6.45) is 0. The van der Waals surface area contributed by atoms with Crippen LogP contribution in [0.15, 0.2) is 53.1 Å². The number of aromatic nitrogens is 2. The molecule has 0 bridgehead atoms. The first-order valence-corrected chi connectivity index (χ1v) is 9.36. The third-order valence-corrected chi connectivity index (χ3v) is 4.33. The summed E-state index contributed by atoms with van der Waals surface area (Å²) in [7, 11) is 0. The molecule has 0 spiro atoms. The lowest BCUT2D eigenvalue weighted by molar-refractivity contribution is -0.144. The topological polar surface area (TPSA) is 94.3 Å². The molecule has 3 aromatic rings. The van der Waals surface area contributed by atoms with E-state index in [2.05, 4.69) is 29.3 Å². The van der Waals surface area contributed by atoms with Gasteiger partial charge in [0.25, 0.3) is 11.8 Å². The standard InChI is InChI=1S/C22H23N3O4/c1-14(2)16-7-9-17(10-8-16)21-24-19(29-25-21)13-28-20(26)12-23-22(27)18-6-4-5-15(3)11-18/h4-11,14H,12-13H2,1-3H3,(H,23,27). The number of esters is 1. The zero-order valence-corrected chi connectivity index (χ0v) is 16.6. The lowest BCUT2D eigenvalue weighted by Gasteiger charge is -2.05. The Kier molecular flexibility index (Phi) is 6.39. The van der Waals surface area contributed by atoms with Crippen molar-refractivity contribution in [3.05, 3.63) is 71.1 Å². The van der Waals surface area contributed by atoms with E-state index in [0.29, 0.717) is 17.3 Å². The Balaban J connectivity index is 1.49. The van der Waals surface area contributed by atoms with Crippen molar-refractivity contribution in [1.29, 1.82) is 0 Å². The van der Waals surface area contributed by atoms with Crippen molar-refractivity contribution >= 4 is 11.9 Å². The van der Waals surface area contributed by atoms with Gasteiger partial charge >= 0.3 is 5.97 Å². The van der Waals surface area contributed by atoms with Gasteiger partial charge in [0.15, 0.2) is 6.61 Å². The molecule has 0 aliphatic carbocycles. The first-order valence-electron chi connectivity index (χ1n) is 9.36. The molecule has 0 fully saturated rings. The molecule has 7 nitrogen and oxygen atoms in total. The summed E-state index contributed by atoms with van der Waals surface area (Å²) < 4.78 is 10.2. The molecule has 2 aromatic carbocycles. The number of hydrogen-bond acceptors (Lipinski definition) is 6. The monoisotopic (exact) mass is 393 g/mol. The number of nitrogens with one attached hydrogen (secondary N) is 1. The second kappa shape index (κ2) is 9.14. The molecular weight excluding hydrogens is 370 g/mol. The van der Waals surface area contributed by atoms with Crippen LogP contribution in [0.3, 0.4) is 0 Å². The first-order chi connectivity index (χ1) is 13.9. The number of benzene rings is 2. The average Bonchev–Trinajstić information content (AvgIpc) is 3.19. The average molecular weight is 393 g/mol. The molecule has 1 heterocycles. The predicted octanol–water partition coefficient (Wildman–Crippen LogP) is 3.64. The van der Waals surface area contributed by atoms with Crippen LogP contribution >= 0.6 is 0 Å². The minimum Gasteiger partial charge on any atom is -0.454 e. The maximum Gasteiger partial charge on any atom is 0.325 e. The van der Waals surface area contributed by atoms with E-state index in [1.54, 1.807) is 18.2 Å². The van der Waals surface area contributed by atoms with Crippen LogP contribution < -0.4 is 5.32 Å². The van der Waals surface area contributed by atoms with Crippen LogP contribution in [0.2, 0.25) is 0 Å². The second-order valence-corrected chi connectivity index (χ2v) is 7.00. The maximum absolute atomic E-state index is 12.0. The van der Waals surface area contributed by atoms with Gasteiger partial charge in [-0.25, -0.2) is 0 Å². The van der Waals surface area contributed by atoms with Gasteiger partial charge in [0, 0.05) is 11.1 Å². The van der Waals surface area contributed by atoms with Crippen LogP contribution in [0, 0.1) is 6.92 Å². The van der Waals surface area contributed by atoms with Gasteiger partial charge in [0.05, 0.1) is 0 Å². The Labute approximate surface area is 169 Å². The number of hydrogen-bond donors (Lipinski definition) is 1. The van der Waals surface area contributed by atoms with Gasteiger partial charge < -0.3 is 14.6 Å². The Hall–Kier alpha value is -3.48. The van der Waals surface area contributed by atoms with Crippen molar-refractivity contribution in [3.63, 3.8) is 0 Å². The normalized spacial score (nSPS) is 10.8. The molecule has 3 rings (SSSR count). The minimum atomic E-state index is -0.591. The summed E-state index contributed by atoms with van der Waals surface area (Å²) in [5.41, 5.74) is 3.49. The predicted molar refractivity (Wildman–Crippen MR) is 107 cm³/mol. The molecule has 7 heteroatoms. The van der Waals surface area contributed by atoms with Crippen LogP contribution in [0.1, 0.15) is 47.1 Å². The molecule has 1 amide bonds. The molecule has 0 radical (unpaired) electrons. The SMILES string of the molecule is Cc1cccc(C(=O)NCC(=O)OCc2nc(-c3ccc(C(C)C)cc3)no2)c1. The smallest absolute Gasteiger partial charge is 0.325 e. The minimum absolute atomic E-state index is 0.157. The largest absolute Gasteiger partial charge is 0.454 e. The number of nitrogens with zero attached hydrogens (tertiary/aromatic N) is 2. The zero-order chi connectivity index (χ0) is 20.8. The Morgan fingerprint density at radius 3 is 2.59 bits per heavy atom. The fraction of sp³-hybridized carbons (Fsp3) is 0.273. The molecule has 0 aliphatic heterocycles. The van der Waals surface area contributed by atoms with Gasteiger partial charge in [-0.3, -0.25) is 9.59 Å². The van der Waals surface area contributed by atoms with E-state index in [1.165, 1.54) is 5.56 Å². The summed E-state index contributed by atoms with van der Waals surface area (Å²) in [5.74, 6) is 0.128.